The molecule has 0 aliphatic carbocycles. The molecule has 6 heteroatoms. The van der Waals surface area contributed by atoms with Crippen molar-refractivity contribution in [1.82, 2.24) is 5.32 Å². The van der Waals surface area contributed by atoms with Gasteiger partial charge in [-0.1, -0.05) is 49.4 Å². The zero-order valence-corrected chi connectivity index (χ0v) is 13.8. The first kappa shape index (κ1) is 18.8. The summed E-state index contributed by atoms with van der Waals surface area (Å²) in [7, 11) is 0. The number of amides is 1. The quantitative estimate of drug-likeness (QED) is 0.801. The molecule has 0 aliphatic heterocycles. The molecule has 3 nitrogen and oxygen atoms in total. The van der Waals surface area contributed by atoms with Crippen molar-refractivity contribution in [2.75, 3.05) is 6.54 Å². The number of halogens is 3. The lowest BCUT2D eigenvalue weighted by Crippen LogP contribution is -2.26. The van der Waals surface area contributed by atoms with Crippen LogP contribution in [-0.4, -0.2) is 18.8 Å². The highest BCUT2D eigenvalue weighted by Crippen LogP contribution is 2.23. The molecule has 1 unspecified atom stereocenters. The molecule has 0 fully saturated rings. The van der Waals surface area contributed by atoms with Gasteiger partial charge in [0.05, 0.1) is 6.42 Å². The van der Waals surface area contributed by atoms with Crippen molar-refractivity contribution in [2.45, 2.75) is 32.0 Å². The Hall–Kier alpha value is -2.50. The number of carbonyl (C=O) groups is 1. The molecule has 25 heavy (non-hydrogen) atoms. The molecule has 0 bridgehead atoms. The van der Waals surface area contributed by atoms with Crippen molar-refractivity contribution in [3.63, 3.8) is 0 Å². The van der Waals surface area contributed by atoms with Gasteiger partial charge < -0.3 is 10.1 Å². The van der Waals surface area contributed by atoms with Gasteiger partial charge in [0.15, 0.2) is 0 Å². The summed E-state index contributed by atoms with van der Waals surface area (Å²) in [6.45, 7) is 2.64. The summed E-state index contributed by atoms with van der Waals surface area (Å²) in [4.78, 5) is 11.9. The van der Waals surface area contributed by atoms with E-state index in [2.05, 4.69) is 29.1 Å². The summed E-state index contributed by atoms with van der Waals surface area (Å²) in [5, 5.41) is 2.83. The Morgan fingerprint density at radius 2 is 1.72 bits per heavy atom. The minimum Gasteiger partial charge on any atom is -0.406 e. The van der Waals surface area contributed by atoms with Crippen molar-refractivity contribution in [3.05, 3.63) is 65.7 Å². The van der Waals surface area contributed by atoms with E-state index in [0.717, 1.165) is 6.42 Å². The molecule has 0 aliphatic rings. The lowest BCUT2D eigenvalue weighted by molar-refractivity contribution is -0.274. The van der Waals surface area contributed by atoms with E-state index in [9.17, 15) is 18.0 Å². The number of carbonyl (C=O) groups excluding carboxylic acids is 1. The molecule has 2 rings (SSSR count). The summed E-state index contributed by atoms with van der Waals surface area (Å²) in [5.41, 5.74) is 1.85. The van der Waals surface area contributed by atoms with Gasteiger partial charge in [-0.25, -0.2) is 0 Å². The molecule has 2 aromatic carbocycles. The van der Waals surface area contributed by atoms with Crippen LogP contribution in [0.15, 0.2) is 54.6 Å². The highest BCUT2D eigenvalue weighted by Gasteiger charge is 2.30. The van der Waals surface area contributed by atoms with Gasteiger partial charge in [-0.3, -0.25) is 4.79 Å². The number of alkyl halides is 3. The van der Waals surface area contributed by atoms with E-state index in [-0.39, 0.29) is 18.1 Å². The Labute approximate surface area is 144 Å². The third kappa shape index (κ3) is 6.87. The Morgan fingerprint density at radius 1 is 1.08 bits per heavy atom. The molecule has 0 aromatic heterocycles. The minimum atomic E-state index is -4.71. The maximum atomic E-state index is 12.1. The summed E-state index contributed by atoms with van der Waals surface area (Å²) >= 11 is 0. The zero-order valence-electron chi connectivity index (χ0n) is 13.8. The minimum absolute atomic E-state index is 0.117. The topological polar surface area (TPSA) is 38.3 Å². The van der Waals surface area contributed by atoms with Gasteiger partial charge in [-0.15, -0.1) is 13.2 Å². The standard InChI is InChI=1S/C19H20F3NO2/c1-14(16-5-3-2-4-6-16)11-12-23-18(24)13-15-7-9-17(10-8-15)25-19(20,21)22/h2-10,14H,11-13H2,1H3,(H,23,24). The smallest absolute Gasteiger partial charge is 0.406 e. The summed E-state index contributed by atoms with van der Waals surface area (Å²) in [6, 6.07) is 15.3. The molecule has 0 radical (unpaired) electrons. The lowest BCUT2D eigenvalue weighted by Gasteiger charge is -2.12. The van der Waals surface area contributed by atoms with E-state index in [1.807, 2.05) is 18.2 Å². The van der Waals surface area contributed by atoms with Gasteiger partial charge in [0.2, 0.25) is 5.91 Å². The fourth-order valence-electron chi connectivity index (χ4n) is 2.43. The van der Waals surface area contributed by atoms with Crippen molar-refractivity contribution < 1.29 is 22.7 Å². The SMILES string of the molecule is CC(CCNC(=O)Cc1ccc(OC(F)(F)F)cc1)c1ccccc1. The highest BCUT2D eigenvalue weighted by molar-refractivity contribution is 5.78. The van der Waals surface area contributed by atoms with Crippen molar-refractivity contribution in [2.24, 2.45) is 0 Å². The van der Waals surface area contributed by atoms with E-state index in [1.54, 1.807) is 0 Å². The van der Waals surface area contributed by atoms with Crippen LogP contribution in [0, 0.1) is 0 Å². The molecule has 1 atom stereocenters. The molecular weight excluding hydrogens is 331 g/mol. The number of hydrogen-bond donors (Lipinski definition) is 1. The molecular formula is C19H20F3NO2. The molecule has 0 saturated heterocycles. The maximum Gasteiger partial charge on any atom is 0.573 e. The summed E-state index contributed by atoms with van der Waals surface area (Å²) in [6.07, 6.45) is -3.78. The number of benzene rings is 2. The van der Waals surface area contributed by atoms with Crippen LogP contribution in [0.2, 0.25) is 0 Å². The average Bonchev–Trinajstić information content (AvgIpc) is 2.56. The van der Waals surface area contributed by atoms with Gasteiger partial charge in [0.25, 0.3) is 0 Å². The van der Waals surface area contributed by atoms with Crippen LogP contribution in [-0.2, 0) is 11.2 Å². The van der Waals surface area contributed by atoms with Gasteiger partial charge >= 0.3 is 6.36 Å². The van der Waals surface area contributed by atoms with Crippen LogP contribution in [0.4, 0.5) is 13.2 Å². The van der Waals surface area contributed by atoms with E-state index < -0.39 is 6.36 Å². The van der Waals surface area contributed by atoms with Crippen LogP contribution in [0.5, 0.6) is 5.75 Å². The summed E-state index contributed by atoms with van der Waals surface area (Å²) < 4.78 is 40.1. The first-order valence-electron chi connectivity index (χ1n) is 8.00. The second-order valence-electron chi connectivity index (χ2n) is 5.82. The van der Waals surface area contributed by atoms with Crippen LogP contribution < -0.4 is 10.1 Å². The molecule has 134 valence electrons. The maximum absolute atomic E-state index is 12.1. The van der Waals surface area contributed by atoms with Crippen LogP contribution in [0.1, 0.15) is 30.4 Å². The van der Waals surface area contributed by atoms with E-state index in [4.69, 9.17) is 0 Å². The molecule has 2 aromatic rings. The van der Waals surface area contributed by atoms with E-state index in [1.165, 1.54) is 29.8 Å². The Balaban J connectivity index is 1.75. The highest BCUT2D eigenvalue weighted by atomic mass is 19.4. The number of hydrogen-bond acceptors (Lipinski definition) is 2. The zero-order chi connectivity index (χ0) is 18.3. The van der Waals surface area contributed by atoms with Crippen LogP contribution >= 0.6 is 0 Å². The van der Waals surface area contributed by atoms with Gasteiger partial charge in [0.1, 0.15) is 5.75 Å². The molecule has 1 amide bonds. The fraction of sp³-hybridized carbons (Fsp3) is 0.316. The fourth-order valence-corrected chi connectivity index (χ4v) is 2.43. The van der Waals surface area contributed by atoms with Gasteiger partial charge in [-0.05, 0) is 35.6 Å². The first-order valence-corrected chi connectivity index (χ1v) is 8.00. The average molecular weight is 351 g/mol. The van der Waals surface area contributed by atoms with Gasteiger partial charge in [-0.2, -0.15) is 0 Å². The molecule has 0 saturated carbocycles. The lowest BCUT2D eigenvalue weighted by atomic mass is 9.98. The Kier molecular flexibility index (Phi) is 6.44. The van der Waals surface area contributed by atoms with Crippen LogP contribution in [0.25, 0.3) is 0 Å². The van der Waals surface area contributed by atoms with Crippen molar-refractivity contribution >= 4 is 5.91 Å². The monoisotopic (exact) mass is 351 g/mol. The number of rotatable bonds is 7. The third-order valence-corrected chi connectivity index (χ3v) is 3.79. The van der Waals surface area contributed by atoms with Crippen molar-refractivity contribution in [1.29, 1.82) is 0 Å². The van der Waals surface area contributed by atoms with E-state index >= 15 is 0 Å². The Bertz CT molecular complexity index is 669. The van der Waals surface area contributed by atoms with Crippen molar-refractivity contribution in [3.8, 4) is 5.75 Å². The number of ether oxygens (including phenoxy) is 1. The normalized spacial score (nSPS) is 12.5. The predicted octanol–water partition coefficient (Wildman–Crippen LogP) is 4.44. The van der Waals surface area contributed by atoms with E-state index in [0.29, 0.717) is 18.0 Å². The summed E-state index contributed by atoms with van der Waals surface area (Å²) in [5.74, 6) is -0.126. The van der Waals surface area contributed by atoms with Gasteiger partial charge in [0, 0.05) is 6.54 Å². The Morgan fingerprint density at radius 3 is 2.32 bits per heavy atom. The largest absolute Gasteiger partial charge is 0.573 e. The number of nitrogens with one attached hydrogen (secondary N) is 1. The second kappa shape index (κ2) is 8.55. The predicted molar refractivity (Wildman–Crippen MR) is 89.3 cm³/mol. The van der Waals surface area contributed by atoms with Crippen LogP contribution in [0.3, 0.4) is 0 Å². The first-order chi connectivity index (χ1) is 11.8. The molecule has 0 spiro atoms. The second-order valence-corrected chi connectivity index (χ2v) is 5.82. The third-order valence-electron chi connectivity index (χ3n) is 3.79. The molecule has 1 N–H and O–H groups in total. The molecule has 0 heterocycles.